The predicted octanol–water partition coefficient (Wildman–Crippen LogP) is 5.22. The summed E-state index contributed by atoms with van der Waals surface area (Å²) in [5.41, 5.74) is 1.16. The average Bonchev–Trinajstić information content (AvgIpc) is 3.20. The van der Waals surface area contributed by atoms with Crippen LogP contribution in [0.4, 0.5) is 24.7 Å². The fraction of sp³-hybridized carbons (Fsp3) is 0.273. The van der Waals surface area contributed by atoms with Crippen molar-refractivity contribution in [1.82, 2.24) is 9.97 Å². The molecule has 1 aliphatic heterocycles. The van der Waals surface area contributed by atoms with Gasteiger partial charge in [-0.3, -0.25) is 4.79 Å². The number of rotatable bonds is 4. The molecule has 0 unspecified atom stereocenters. The summed E-state index contributed by atoms with van der Waals surface area (Å²) in [6.45, 7) is 1.30. The van der Waals surface area contributed by atoms with Gasteiger partial charge in [-0.2, -0.15) is 13.2 Å². The minimum Gasteiger partial charge on any atom is -0.361 e. The molecule has 1 saturated heterocycles. The number of piperidine rings is 1. The lowest BCUT2D eigenvalue weighted by molar-refractivity contribution is -0.141. The number of carbonyl (C=O) groups excluding carboxylic acids is 1. The molecule has 1 aliphatic rings. The highest BCUT2D eigenvalue weighted by atomic mass is 19.4. The predicted molar refractivity (Wildman–Crippen MR) is 111 cm³/mol. The van der Waals surface area contributed by atoms with Crippen LogP contribution in [0.5, 0.6) is 0 Å². The molecule has 156 valence electrons. The van der Waals surface area contributed by atoms with Crippen molar-refractivity contribution in [2.75, 3.05) is 23.3 Å². The van der Waals surface area contributed by atoms with E-state index in [1.54, 1.807) is 6.07 Å². The van der Waals surface area contributed by atoms with Crippen LogP contribution in [-0.4, -0.2) is 29.0 Å². The Hall–Kier alpha value is -3.29. The van der Waals surface area contributed by atoms with E-state index in [-0.39, 0.29) is 11.7 Å². The minimum atomic E-state index is -4.51. The van der Waals surface area contributed by atoms with E-state index < -0.39 is 11.9 Å². The summed E-state index contributed by atoms with van der Waals surface area (Å²) in [5.74, 6) is -0.100. The highest BCUT2D eigenvalue weighted by Crippen LogP contribution is 2.32. The van der Waals surface area contributed by atoms with Crippen molar-refractivity contribution in [3.63, 3.8) is 0 Å². The number of amides is 1. The Morgan fingerprint density at radius 2 is 1.90 bits per heavy atom. The highest BCUT2D eigenvalue weighted by Gasteiger charge is 2.33. The minimum absolute atomic E-state index is 0.266. The zero-order valence-electron chi connectivity index (χ0n) is 16.2. The van der Waals surface area contributed by atoms with E-state index in [4.69, 9.17) is 0 Å². The second-order valence-corrected chi connectivity index (χ2v) is 7.26. The number of H-pyrrole nitrogens is 1. The number of aromatic amines is 1. The number of nitrogens with zero attached hydrogens (tertiary/aromatic N) is 2. The van der Waals surface area contributed by atoms with E-state index in [1.165, 1.54) is 18.2 Å². The van der Waals surface area contributed by atoms with Gasteiger partial charge in [0.1, 0.15) is 11.5 Å². The summed E-state index contributed by atoms with van der Waals surface area (Å²) in [6.07, 6.45) is 3.00. The Kier molecular flexibility index (Phi) is 5.48. The smallest absolute Gasteiger partial charge is 0.361 e. The topological polar surface area (TPSA) is 61.0 Å². The molecule has 4 rings (SSSR count). The van der Waals surface area contributed by atoms with E-state index in [0.717, 1.165) is 36.2 Å². The van der Waals surface area contributed by atoms with Gasteiger partial charge in [0.05, 0.1) is 0 Å². The molecular formula is C22H21F3N4O. The van der Waals surface area contributed by atoms with Gasteiger partial charge in [-0.1, -0.05) is 0 Å². The number of aromatic nitrogens is 2. The molecule has 8 heteroatoms. The molecule has 0 radical (unpaired) electrons. The molecule has 0 bridgehead atoms. The zero-order valence-corrected chi connectivity index (χ0v) is 16.2. The van der Waals surface area contributed by atoms with Gasteiger partial charge in [0.2, 0.25) is 5.91 Å². The molecule has 2 aromatic heterocycles. The average molecular weight is 414 g/mol. The number of hydrogen-bond donors (Lipinski definition) is 2. The fourth-order valence-electron chi connectivity index (χ4n) is 3.59. The summed E-state index contributed by atoms with van der Waals surface area (Å²) in [6, 6.07) is 9.71. The first-order chi connectivity index (χ1) is 14.4. The van der Waals surface area contributed by atoms with Gasteiger partial charge in [0.15, 0.2) is 0 Å². The van der Waals surface area contributed by atoms with Crippen molar-refractivity contribution in [3.05, 3.63) is 59.9 Å². The first-order valence-electron chi connectivity index (χ1n) is 9.79. The van der Waals surface area contributed by atoms with Crippen LogP contribution in [0.25, 0.3) is 17.0 Å². The largest absolute Gasteiger partial charge is 0.433 e. The second-order valence-electron chi connectivity index (χ2n) is 7.26. The van der Waals surface area contributed by atoms with Crippen LogP contribution in [0.15, 0.2) is 48.7 Å². The fourth-order valence-corrected chi connectivity index (χ4v) is 3.59. The lowest BCUT2D eigenvalue weighted by Crippen LogP contribution is -2.31. The van der Waals surface area contributed by atoms with Crippen molar-refractivity contribution >= 4 is 34.4 Å². The molecule has 1 amide bonds. The first kappa shape index (κ1) is 20.0. The van der Waals surface area contributed by atoms with Crippen molar-refractivity contribution in [2.24, 2.45) is 0 Å². The molecule has 2 N–H and O–H groups in total. The summed E-state index contributed by atoms with van der Waals surface area (Å²) in [4.78, 5) is 21.2. The molecule has 0 spiro atoms. The molecule has 30 heavy (non-hydrogen) atoms. The number of hydrogen-bond acceptors (Lipinski definition) is 3. The summed E-state index contributed by atoms with van der Waals surface area (Å²) < 4.78 is 39.4. The SMILES string of the molecule is O=C(C=Cc1ccc(C(F)(F)F)nc1N1CCCCC1)Nc1ccc2[nH]ccc2c1. The van der Waals surface area contributed by atoms with Crippen LogP contribution in [0.2, 0.25) is 0 Å². The zero-order chi connectivity index (χ0) is 21.1. The molecule has 3 heterocycles. The molecule has 0 saturated carbocycles. The molecular weight excluding hydrogens is 393 g/mol. The number of fused-ring (bicyclic) bond motifs is 1. The number of carbonyl (C=O) groups is 1. The highest BCUT2D eigenvalue weighted by molar-refractivity contribution is 6.03. The van der Waals surface area contributed by atoms with Crippen molar-refractivity contribution in [1.29, 1.82) is 0 Å². The van der Waals surface area contributed by atoms with Gasteiger partial charge in [-0.15, -0.1) is 0 Å². The van der Waals surface area contributed by atoms with E-state index in [2.05, 4.69) is 15.3 Å². The van der Waals surface area contributed by atoms with Crippen LogP contribution >= 0.6 is 0 Å². The molecule has 1 fully saturated rings. The number of nitrogens with one attached hydrogen (secondary N) is 2. The normalized spacial score (nSPS) is 15.1. The molecule has 0 aliphatic carbocycles. The van der Waals surface area contributed by atoms with Crippen LogP contribution in [-0.2, 0) is 11.0 Å². The van der Waals surface area contributed by atoms with Gasteiger partial charge >= 0.3 is 6.18 Å². The Balaban J connectivity index is 1.55. The van der Waals surface area contributed by atoms with Crippen LogP contribution in [0.3, 0.4) is 0 Å². The number of anilines is 2. The van der Waals surface area contributed by atoms with Crippen molar-refractivity contribution in [2.45, 2.75) is 25.4 Å². The van der Waals surface area contributed by atoms with Crippen molar-refractivity contribution in [3.8, 4) is 0 Å². The Bertz CT molecular complexity index is 1080. The number of alkyl halides is 3. The third-order valence-corrected chi connectivity index (χ3v) is 5.09. The maximum Gasteiger partial charge on any atom is 0.433 e. The number of pyridine rings is 1. The lowest BCUT2D eigenvalue weighted by Gasteiger charge is -2.29. The molecule has 1 aromatic carbocycles. The molecule has 5 nitrogen and oxygen atoms in total. The van der Waals surface area contributed by atoms with E-state index in [1.807, 2.05) is 29.3 Å². The summed E-state index contributed by atoms with van der Waals surface area (Å²) in [5, 5.41) is 3.74. The summed E-state index contributed by atoms with van der Waals surface area (Å²) in [7, 11) is 0. The lowest BCUT2D eigenvalue weighted by atomic mass is 10.1. The third-order valence-electron chi connectivity index (χ3n) is 5.09. The quantitative estimate of drug-likeness (QED) is 0.575. The Morgan fingerprint density at radius 1 is 1.10 bits per heavy atom. The van der Waals surface area contributed by atoms with E-state index in [9.17, 15) is 18.0 Å². The Morgan fingerprint density at radius 3 is 2.67 bits per heavy atom. The maximum absolute atomic E-state index is 13.1. The van der Waals surface area contributed by atoms with Gasteiger partial charge in [-0.25, -0.2) is 4.98 Å². The standard InChI is InChI=1S/C22H21F3N4O/c23-22(24,25)19-8-4-15(21(28-19)29-12-2-1-3-13-29)5-9-20(30)27-17-6-7-18-16(14-17)10-11-26-18/h4-11,14,26H,1-3,12-13H2,(H,27,30). The van der Waals surface area contributed by atoms with E-state index in [0.29, 0.717) is 24.3 Å². The first-order valence-corrected chi connectivity index (χ1v) is 9.79. The number of halogens is 3. The molecule has 3 aromatic rings. The second kappa shape index (κ2) is 8.22. The monoisotopic (exact) mass is 414 g/mol. The van der Waals surface area contributed by atoms with Crippen LogP contribution in [0, 0.1) is 0 Å². The maximum atomic E-state index is 13.1. The van der Waals surface area contributed by atoms with Gasteiger partial charge in [0.25, 0.3) is 0 Å². The van der Waals surface area contributed by atoms with Crippen LogP contribution < -0.4 is 10.2 Å². The third kappa shape index (κ3) is 4.48. The van der Waals surface area contributed by atoms with E-state index >= 15 is 0 Å². The van der Waals surface area contributed by atoms with Crippen LogP contribution in [0.1, 0.15) is 30.5 Å². The van der Waals surface area contributed by atoms with Gasteiger partial charge in [-0.05, 0) is 61.7 Å². The number of benzene rings is 1. The van der Waals surface area contributed by atoms with Crippen molar-refractivity contribution < 1.29 is 18.0 Å². The molecule has 0 atom stereocenters. The van der Waals surface area contributed by atoms with Gasteiger partial charge < -0.3 is 15.2 Å². The summed E-state index contributed by atoms with van der Waals surface area (Å²) >= 11 is 0. The Labute approximate surface area is 171 Å². The van der Waals surface area contributed by atoms with Gasteiger partial charge in [0, 0.05) is 47.5 Å².